The van der Waals surface area contributed by atoms with Crippen LogP contribution in [-0.4, -0.2) is 15.0 Å². The van der Waals surface area contributed by atoms with Crippen molar-refractivity contribution in [1.29, 1.82) is 0 Å². The number of anilines is 2. The average molecular weight is 253 g/mol. The van der Waals surface area contributed by atoms with Crippen molar-refractivity contribution in [2.75, 3.05) is 11.5 Å². The largest absolute Gasteiger partial charge is 0.455 e. The van der Waals surface area contributed by atoms with Crippen molar-refractivity contribution in [3.8, 4) is 11.5 Å². The summed E-state index contributed by atoms with van der Waals surface area (Å²) in [6.45, 7) is 0. The number of fused-ring (bicyclic) bond motifs is 1. The fourth-order valence-corrected chi connectivity index (χ4v) is 1.82. The van der Waals surface area contributed by atoms with Crippen LogP contribution in [0.4, 0.5) is 11.8 Å². The standard InChI is InChI=1S/C13H11N5O/c14-12-11-9(17-13(15)18-12)4-1-5-10(11)19-8-3-2-6-16-7-8/h1-7H,(H4,14,15,17,18). The molecule has 6 nitrogen and oxygen atoms in total. The van der Waals surface area contributed by atoms with E-state index in [1.807, 2.05) is 6.07 Å². The van der Waals surface area contributed by atoms with Crippen LogP contribution >= 0.6 is 0 Å². The predicted octanol–water partition coefficient (Wildman–Crippen LogP) is 1.98. The molecule has 2 aromatic heterocycles. The van der Waals surface area contributed by atoms with Crippen LogP contribution in [0.3, 0.4) is 0 Å². The summed E-state index contributed by atoms with van der Waals surface area (Å²) in [5, 5.41) is 0.639. The van der Waals surface area contributed by atoms with Gasteiger partial charge < -0.3 is 16.2 Å². The van der Waals surface area contributed by atoms with E-state index in [-0.39, 0.29) is 5.95 Å². The van der Waals surface area contributed by atoms with Gasteiger partial charge in [0, 0.05) is 6.20 Å². The molecule has 4 N–H and O–H groups in total. The minimum atomic E-state index is 0.142. The molecule has 0 radical (unpaired) electrons. The zero-order valence-electron chi connectivity index (χ0n) is 9.95. The summed E-state index contributed by atoms with van der Waals surface area (Å²) in [5.41, 5.74) is 12.1. The minimum absolute atomic E-state index is 0.142. The van der Waals surface area contributed by atoms with E-state index in [4.69, 9.17) is 16.2 Å². The molecular weight excluding hydrogens is 242 g/mol. The molecule has 0 aliphatic rings. The van der Waals surface area contributed by atoms with Crippen molar-refractivity contribution in [1.82, 2.24) is 15.0 Å². The van der Waals surface area contributed by atoms with Crippen LogP contribution in [0, 0.1) is 0 Å². The van der Waals surface area contributed by atoms with Gasteiger partial charge in [-0.2, -0.15) is 4.98 Å². The predicted molar refractivity (Wildman–Crippen MR) is 72.7 cm³/mol. The number of nitrogens with zero attached hydrogens (tertiary/aromatic N) is 3. The molecule has 0 fully saturated rings. The number of benzene rings is 1. The monoisotopic (exact) mass is 253 g/mol. The lowest BCUT2D eigenvalue weighted by molar-refractivity contribution is 0.486. The summed E-state index contributed by atoms with van der Waals surface area (Å²) in [6, 6.07) is 9.02. The van der Waals surface area contributed by atoms with Crippen LogP contribution in [0.2, 0.25) is 0 Å². The first-order valence-electron chi connectivity index (χ1n) is 5.63. The van der Waals surface area contributed by atoms with Crippen LogP contribution in [0.1, 0.15) is 0 Å². The van der Waals surface area contributed by atoms with Gasteiger partial charge in [-0.3, -0.25) is 4.98 Å². The summed E-state index contributed by atoms with van der Waals surface area (Å²) in [6.07, 6.45) is 3.29. The van der Waals surface area contributed by atoms with Gasteiger partial charge in [0.05, 0.1) is 17.1 Å². The highest BCUT2D eigenvalue weighted by molar-refractivity contribution is 5.94. The smallest absolute Gasteiger partial charge is 0.222 e. The number of hydrogen-bond donors (Lipinski definition) is 2. The summed E-state index contributed by atoms with van der Waals surface area (Å²) in [5.74, 6) is 1.62. The van der Waals surface area contributed by atoms with Crippen molar-refractivity contribution < 1.29 is 4.74 Å². The molecule has 19 heavy (non-hydrogen) atoms. The van der Waals surface area contributed by atoms with Gasteiger partial charge in [-0.05, 0) is 24.3 Å². The van der Waals surface area contributed by atoms with Crippen molar-refractivity contribution in [2.45, 2.75) is 0 Å². The first-order chi connectivity index (χ1) is 9.24. The molecule has 94 valence electrons. The summed E-state index contributed by atoms with van der Waals surface area (Å²) in [7, 11) is 0. The van der Waals surface area contributed by atoms with Crippen LogP contribution in [0.25, 0.3) is 10.9 Å². The first-order valence-corrected chi connectivity index (χ1v) is 5.63. The molecular formula is C13H11N5O. The van der Waals surface area contributed by atoms with Gasteiger partial charge in [0.2, 0.25) is 5.95 Å². The SMILES string of the molecule is Nc1nc(N)c2c(Oc3cccnc3)cccc2n1. The lowest BCUT2D eigenvalue weighted by Gasteiger charge is -2.09. The molecule has 0 unspecified atom stereocenters. The van der Waals surface area contributed by atoms with Crippen molar-refractivity contribution in [3.05, 3.63) is 42.7 Å². The lowest BCUT2D eigenvalue weighted by atomic mass is 10.2. The molecule has 0 saturated heterocycles. The molecule has 0 saturated carbocycles. The highest BCUT2D eigenvalue weighted by atomic mass is 16.5. The van der Waals surface area contributed by atoms with E-state index < -0.39 is 0 Å². The number of pyridine rings is 1. The molecule has 0 aliphatic heterocycles. The third-order valence-electron chi connectivity index (χ3n) is 2.59. The van der Waals surface area contributed by atoms with E-state index in [9.17, 15) is 0 Å². The normalized spacial score (nSPS) is 10.5. The molecule has 0 bridgehead atoms. The number of aromatic nitrogens is 3. The fraction of sp³-hybridized carbons (Fsp3) is 0. The summed E-state index contributed by atoms with van der Waals surface area (Å²) < 4.78 is 5.75. The molecule has 0 aliphatic carbocycles. The second kappa shape index (κ2) is 4.41. The highest BCUT2D eigenvalue weighted by Crippen LogP contribution is 2.32. The summed E-state index contributed by atoms with van der Waals surface area (Å²) >= 11 is 0. The average Bonchev–Trinajstić information content (AvgIpc) is 2.39. The van der Waals surface area contributed by atoms with Gasteiger partial charge in [-0.1, -0.05) is 6.07 Å². The van der Waals surface area contributed by atoms with Gasteiger partial charge in [-0.15, -0.1) is 0 Å². The third kappa shape index (κ3) is 2.11. The van der Waals surface area contributed by atoms with Crippen molar-refractivity contribution >= 4 is 22.7 Å². The Hall–Kier alpha value is -2.89. The Morgan fingerprint density at radius 3 is 2.68 bits per heavy atom. The molecule has 3 rings (SSSR count). The number of nitrogen functional groups attached to an aromatic ring is 2. The quantitative estimate of drug-likeness (QED) is 0.724. The minimum Gasteiger partial charge on any atom is -0.455 e. The van der Waals surface area contributed by atoms with E-state index in [0.717, 1.165) is 0 Å². The maximum absolute atomic E-state index is 5.88. The molecule has 0 amide bonds. The Labute approximate surface area is 109 Å². The lowest BCUT2D eigenvalue weighted by Crippen LogP contribution is -2.01. The second-order valence-corrected chi connectivity index (χ2v) is 3.91. The van der Waals surface area contributed by atoms with E-state index in [1.165, 1.54) is 0 Å². The molecule has 0 spiro atoms. The van der Waals surface area contributed by atoms with Crippen LogP contribution < -0.4 is 16.2 Å². The molecule has 6 heteroatoms. The Morgan fingerprint density at radius 2 is 1.89 bits per heavy atom. The second-order valence-electron chi connectivity index (χ2n) is 3.91. The van der Waals surface area contributed by atoms with Gasteiger partial charge in [0.25, 0.3) is 0 Å². The Bertz CT molecular complexity index is 730. The Balaban J connectivity index is 2.14. The van der Waals surface area contributed by atoms with Crippen LogP contribution in [0.15, 0.2) is 42.7 Å². The molecule has 2 heterocycles. The third-order valence-corrected chi connectivity index (χ3v) is 2.59. The zero-order chi connectivity index (χ0) is 13.2. The summed E-state index contributed by atoms with van der Waals surface area (Å²) in [4.78, 5) is 12.1. The molecule has 0 atom stereocenters. The number of rotatable bonds is 2. The zero-order valence-corrected chi connectivity index (χ0v) is 9.95. The van der Waals surface area contributed by atoms with E-state index in [0.29, 0.717) is 28.2 Å². The van der Waals surface area contributed by atoms with Crippen molar-refractivity contribution in [2.24, 2.45) is 0 Å². The number of hydrogen-bond acceptors (Lipinski definition) is 6. The first kappa shape index (κ1) is 11.2. The van der Waals surface area contributed by atoms with E-state index in [1.54, 1.807) is 36.7 Å². The maximum Gasteiger partial charge on any atom is 0.222 e. The molecule has 1 aromatic carbocycles. The topological polar surface area (TPSA) is 99.9 Å². The maximum atomic E-state index is 5.88. The Kier molecular flexibility index (Phi) is 2.60. The van der Waals surface area contributed by atoms with Crippen molar-refractivity contribution in [3.63, 3.8) is 0 Å². The number of ether oxygens (including phenoxy) is 1. The fourth-order valence-electron chi connectivity index (χ4n) is 1.82. The molecule has 3 aromatic rings. The van der Waals surface area contributed by atoms with E-state index in [2.05, 4.69) is 15.0 Å². The number of nitrogens with two attached hydrogens (primary N) is 2. The Morgan fingerprint density at radius 1 is 1.00 bits per heavy atom. The highest BCUT2D eigenvalue weighted by Gasteiger charge is 2.10. The van der Waals surface area contributed by atoms with Gasteiger partial charge >= 0.3 is 0 Å². The van der Waals surface area contributed by atoms with Gasteiger partial charge in [0.15, 0.2) is 0 Å². The van der Waals surface area contributed by atoms with E-state index >= 15 is 0 Å². The van der Waals surface area contributed by atoms with Crippen LogP contribution in [-0.2, 0) is 0 Å². The van der Waals surface area contributed by atoms with Gasteiger partial charge in [0.1, 0.15) is 17.3 Å². The van der Waals surface area contributed by atoms with Crippen LogP contribution in [0.5, 0.6) is 11.5 Å². The van der Waals surface area contributed by atoms with Gasteiger partial charge in [-0.25, -0.2) is 4.98 Å².